The summed E-state index contributed by atoms with van der Waals surface area (Å²) >= 11 is 0. The summed E-state index contributed by atoms with van der Waals surface area (Å²) in [6, 6.07) is 7.74. The molecule has 0 spiro atoms. The second kappa shape index (κ2) is 6.59. The van der Waals surface area contributed by atoms with Gasteiger partial charge in [-0.2, -0.15) is 4.98 Å². The smallest absolute Gasteiger partial charge is 0.261 e. The SMILES string of the molecule is Cc1ccc2c(NCc3ccco3)c(-c3nc(C(C)C)no3)cnc2n1. The molecule has 4 aromatic heterocycles. The molecule has 0 fully saturated rings. The molecule has 26 heavy (non-hydrogen) atoms. The molecule has 7 nitrogen and oxygen atoms in total. The highest BCUT2D eigenvalue weighted by molar-refractivity contribution is 5.96. The number of aryl methyl sites for hydroxylation is 1. The van der Waals surface area contributed by atoms with Crippen molar-refractivity contribution in [3.05, 3.63) is 54.0 Å². The summed E-state index contributed by atoms with van der Waals surface area (Å²) in [5.74, 6) is 2.11. The summed E-state index contributed by atoms with van der Waals surface area (Å²) in [6.45, 7) is 6.52. The fourth-order valence-corrected chi connectivity index (χ4v) is 2.69. The Morgan fingerprint density at radius 3 is 2.77 bits per heavy atom. The fourth-order valence-electron chi connectivity index (χ4n) is 2.69. The second-order valence-corrected chi connectivity index (χ2v) is 6.42. The van der Waals surface area contributed by atoms with Gasteiger partial charge in [-0.3, -0.25) is 0 Å². The number of nitrogens with one attached hydrogen (secondary N) is 1. The first-order valence-corrected chi connectivity index (χ1v) is 8.48. The lowest BCUT2D eigenvalue weighted by Crippen LogP contribution is -2.03. The van der Waals surface area contributed by atoms with Crippen LogP contribution in [0.1, 0.15) is 37.0 Å². The minimum Gasteiger partial charge on any atom is -0.467 e. The van der Waals surface area contributed by atoms with Crippen LogP contribution < -0.4 is 5.32 Å². The first kappa shape index (κ1) is 16.3. The molecule has 0 aromatic carbocycles. The van der Waals surface area contributed by atoms with E-state index < -0.39 is 0 Å². The molecular formula is C19H19N5O2. The van der Waals surface area contributed by atoms with Crippen LogP contribution in [0, 0.1) is 6.92 Å². The first-order valence-electron chi connectivity index (χ1n) is 8.48. The molecule has 0 aliphatic heterocycles. The van der Waals surface area contributed by atoms with Gasteiger partial charge in [0, 0.05) is 23.2 Å². The van der Waals surface area contributed by atoms with Crippen molar-refractivity contribution in [3.63, 3.8) is 0 Å². The molecule has 4 rings (SSSR count). The van der Waals surface area contributed by atoms with E-state index in [4.69, 9.17) is 8.94 Å². The lowest BCUT2D eigenvalue weighted by atomic mass is 10.1. The highest BCUT2D eigenvalue weighted by Crippen LogP contribution is 2.33. The Hall–Kier alpha value is -3.22. The number of hydrogen-bond donors (Lipinski definition) is 1. The number of fused-ring (bicyclic) bond motifs is 1. The van der Waals surface area contributed by atoms with Gasteiger partial charge in [-0.05, 0) is 31.2 Å². The van der Waals surface area contributed by atoms with Crippen molar-refractivity contribution in [2.75, 3.05) is 5.32 Å². The molecule has 0 unspecified atom stereocenters. The van der Waals surface area contributed by atoms with E-state index in [1.165, 1.54) is 0 Å². The molecule has 4 heterocycles. The van der Waals surface area contributed by atoms with E-state index in [1.807, 2.05) is 45.0 Å². The van der Waals surface area contributed by atoms with Gasteiger partial charge in [0.1, 0.15) is 5.76 Å². The third-order valence-corrected chi connectivity index (χ3v) is 4.08. The molecule has 1 N–H and O–H groups in total. The van der Waals surface area contributed by atoms with Gasteiger partial charge in [-0.1, -0.05) is 19.0 Å². The van der Waals surface area contributed by atoms with Gasteiger partial charge in [0.05, 0.1) is 24.1 Å². The summed E-state index contributed by atoms with van der Waals surface area (Å²) in [5.41, 5.74) is 3.17. The van der Waals surface area contributed by atoms with Gasteiger partial charge in [0.2, 0.25) is 0 Å². The lowest BCUT2D eigenvalue weighted by molar-refractivity contribution is 0.419. The van der Waals surface area contributed by atoms with Gasteiger partial charge in [0.25, 0.3) is 5.89 Å². The Labute approximate surface area is 150 Å². The Morgan fingerprint density at radius 1 is 1.15 bits per heavy atom. The van der Waals surface area contributed by atoms with Crippen molar-refractivity contribution in [2.45, 2.75) is 33.2 Å². The van der Waals surface area contributed by atoms with Crippen molar-refractivity contribution in [2.24, 2.45) is 0 Å². The lowest BCUT2D eigenvalue weighted by Gasteiger charge is -2.12. The number of anilines is 1. The Bertz CT molecular complexity index is 1040. The number of rotatable bonds is 5. The topological polar surface area (TPSA) is 89.9 Å². The molecule has 0 bridgehead atoms. The zero-order valence-electron chi connectivity index (χ0n) is 14.9. The Balaban J connectivity index is 1.82. The Morgan fingerprint density at radius 2 is 2.04 bits per heavy atom. The first-order chi connectivity index (χ1) is 12.6. The number of pyridine rings is 2. The number of hydrogen-bond acceptors (Lipinski definition) is 7. The van der Waals surface area contributed by atoms with E-state index in [9.17, 15) is 0 Å². The van der Waals surface area contributed by atoms with Crippen LogP contribution in [0.15, 0.2) is 45.7 Å². The van der Waals surface area contributed by atoms with E-state index in [-0.39, 0.29) is 5.92 Å². The number of nitrogens with zero attached hydrogens (tertiary/aromatic N) is 4. The summed E-state index contributed by atoms with van der Waals surface area (Å²) in [6.07, 6.45) is 3.37. The van der Waals surface area contributed by atoms with Crippen LogP contribution in [0.2, 0.25) is 0 Å². The second-order valence-electron chi connectivity index (χ2n) is 6.42. The van der Waals surface area contributed by atoms with Crippen molar-refractivity contribution >= 4 is 16.7 Å². The highest BCUT2D eigenvalue weighted by Gasteiger charge is 2.18. The maximum Gasteiger partial charge on any atom is 0.261 e. The fraction of sp³-hybridized carbons (Fsp3) is 0.263. The molecular weight excluding hydrogens is 330 g/mol. The van der Waals surface area contributed by atoms with Crippen LogP contribution in [0.4, 0.5) is 5.69 Å². The monoisotopic (exact) mass is 349 g/mol. The molecule has 0 aliphatic rings. The third-order valence-electron chi connectivity index (χ3n) is 4.08. The molecule has 4 aromatic rings. The van der Waals surface area contributed by atoms with Gasteiger partial charge in [0.15, 0.2) is 11.5 Å². The average Bonchev–Trinajstić information content (AvgIpc) is 3.31. The van der Waals surface area contributed by atoms with Crippen LogP contribution in [-0.2, 0) is 6.54 Å². The predicted molar refractivity (Wildman–Crippen MR) is 97.7 cm³/mol. The maximum absolute atomic E-state index is 5.48. The Kier molecular flexibility index (Phi) is 4.12. The molecule has 0 amide bonds. The van der Waals surface area contributed by atoms with Crippen LogP contribution >= 0.6 is 0 Å². The molecule has 0 radical (unpaired) electrons. The zero-order chi connectivity index (χ0) is 18.1. The van der Waals surface area contributed by atoms with Crippen molar-refractivity contribution in [3.8, 4) is 11.5 Å². The van der Waals surface area contributed by atoms with Gasteiger partial charge in [-0.15, -0.1) is 0 Å². The van der Waals surface area contributed by atoms with E-state index in [0.717, 1.165) is 28.1 Å². The molecule has 0 aliphatic carbocycles. The minimum atomic E-state index is 0.185. The summed E-state index contributed by atoms with van der Waals surface area (Å²) < 4.78 is 10.9. The molecule has 0 atom stereocenters. The van der Waals surface area contributed by atoms with E-state index >= 15 is 0 Å². The van der Waals surface area contributed by atoms with E-state index in [2.05, 4.69) is 25.4 Å². The highest BCUT2D eigenvalue weighted by atomic mass is 16.5. The summed E-state index contributed by atoms with van der Waals surface area (Å²) in [4.78, 5) is 13.5. The van der Waals surface area contributed by atoms with E-state index in [0.29, 0.717) is 23.9 Å². The maximum atomic E-state index is 5.48. The summed E-state index contributed by atoms with van der Waals surface area (Å²) in [5, 5.41) is 8.37. The summed E-state index contributed by atoms with van der Waals surface area (Å²) in [7, 11) is 0. The van der Waals surface area contributed by atoms with Crippen molar-refractivity contribution < 1.29 is 8.94 Å². The van der Waals surface area contributed by atoms with Crippen molar-refractivity contribution in [1.82, 2.24) is 20.1 Å². The van der Waals surface area contributed by atoms with E-state index in [1.54, 1.807) is 12.5 Å². The zero-order valence-corrected chi connectivity index (χ0v) is 14.9. The standard InChI is InChI=1S/C19H19N5O2/c1-11(2)17-23-19(26-24-17)15-10-21-18-14(7-6-12(3)22-18)16(15)20-9-13-5-4-8-25-13/h4-8,10-11H,9H2,1-3H3,(H,20,21,22). The van der Waals surface area contributed by atoms with Crippen molar-refractivity contribution in [1.29, 1.82) is 0 Å². The molecule has 0 saturated carbocycles. The largest absolute Gasteiger partial charge is 0.467 e. The van der Waals surface area contributed by atoms with Gasteiger partial charge < -0.3 is 14.3 Å². The quantitative estimate of drug-likeness (QED) is 0.574. The average molecular weight is 349 g/mol. The molecule has 7 heteroatoms. The van der Waals surface area contributed by atoms with Crippen LogP contribution in [0.5, 0.6) is 0 Å². The van der Waals surface area contributed by atoms with Crippen LogP contribution in [0.25, 0.3) is 22.5 Å². The normalized spacial score (nSPS) is 11.4. The number of aromatic nitrogens is 4. The third kappa shape index (κ3) is 3.03. The van der Waals surface area contributed by atoms with Gasteiger partial charge in [-0.25, -0.2) is 9.97 Å². The van der Waals surface area contributed by atoms with Crippen LogP contribution in [-0.4, -0.2) is 20.1 Å². The number of furan rings is 1. The molecule has 0 saturated heterocycles. The van der Waals surface area contributed by atoms with Gasteiger partial charge >= 0.3 is 0 Å². The van der Waals surface area contributed by atoms with Crippen LogP contribution in [0.3, 0.4) is 0 Å². The predicted octanol–water partition coefficient (Wildman–Crippen LogP) is 4.32. The molecule has 132 valence electrons. The minimum absolute atomic E-state index is 0.185.